The molecule has 34 heavy (non-hydrogen) atoms. The van der Waals surface area contributed by atoms with Crippen LogP contribution in [0.1, 0.15) is 57.4 Å². The van der Waals surface area contributed by atoms with Crippen molar-refractivity contribution in [1.82, 2.24) is 10.2 Å². The number of nitrogens with zero attached hydrogens (tertiary/aromatic N) is 1. The van der Waals surface area contributed by atoms with Gasteiger partial charge in [-0.1, -0.05) is 49.6 Å². The minimum atomic E-state index is -0.499. The molecule has 6 heteroatoms. The fourth-order valence-corrected chi connectivity index (χ4v) is 4.37. The zero-order valence-corrected chi connectivity index (χ0v) is 20.5. The van der Waals surface area contributed by atoms with E-state index >= 15 is 0 Å². The molecule has 2 amide bonds. The summed E-state index contributed by atoms with van der Waals surface area (Å²) >= 11 is 0. The first-order chi connectivity index (χ1) is 16.6. The molecule has 1 saturated carbocycles. The number of hydrogen-bond acceptors (Lipinski definition) is 4. The van der Waals surface area contributed by atoms with Gasteiger partial charge in [0.15, 0.2) is 0 Å². The predicted molar refractivity (Wildman–Crippen MR) is 134 cm³/mol. The maximum absolute atomic E-state index is 13.2. The number of amides is 2. The summed E-state index contributed by atoms with van der Waals surface area (Å²) in [4.78, 5) is 27.9. The lowest BCUT2D eigenvalue weighted by Crippen LogP contribution is -2.51. The van der Waals surface area contributed by atoms with Crippen molar-refractivity contribution >= 4 is 11.8 Å². The average molecular weight is 467 g/mol. The third kappa shape index (κ3) is 8.08. The SMILES string of the molecule is COc1ccc(OCCCC(=O)N(CCc2ccccc2)[C@H](C)C(=O)NC2CCCCC2)cc1. The Morgan fingerprint density at radius 1 is 1.00 bits per heavy atom. The molecule has 2 aromatic carbocycles. The summed E-state index contributed by atoms with van der Waals surface area (Å²) in [5.41, 5.74) is 1.16. The Labute approximate surface area is 203 Å². The van der Waals surface area contributed by atoms with Gasteiger partial charge in [0, 0.05) is 19.0 Å². The van der Waals surface area contributed by atoms with Crippen LogP contribution in [0.25, 0.3) is 0 Å². The van der Waals surface area contributed by atoms with Crippen molar-refractivity contribution in [2.24, 2.45) is 0 Å². The van der Waals surface area contributed by atoms with Crippen molar-refractivity contribution in [1.29, 1.82) is 0 Å². The molecular weight excluding hydrogens is 428 g/mol. The first-order valence-corrected chi connectivity index (χ1v) is 12.5. The maximum Gasteiger partial charge on any atom is 0.242 e. The highest BCUT2D eigenvalue weighted by atomic mass is 16.5. The van der Waals surface area contributed by atoms with Gasteiger partial charge >= 0.3 is 0 Å². The smallest absolute Gasteiger partial charge is 0.242 e. The van der Waals surface area contributed by atoms with E-state index in [-0.39, 0.29) is 17.9 Å². The second kappa shape index (κ2) is 13.6. The Morgan fingerprint density at radius 3 is 2.35 bits per heavy atom. The standard InChI is InChI=1S/C28H38N2O4/c1-22(28(32)29-24-12-7-4-8-13-24)30(20-19-23-10-5-3-6-11-23)27(31)14-9-21-34-26-17-15-25(33-2)16-18-26/h3,5-6,10-11,15-18,22,24H,4,7-9,12-14,19-21H2,1-2H3,(H,29,32)/t22-/m1/s1. The molecule has 0 radical (unpaired) electrons. The third-order valence-electron chi connectivity index (χ3n) is 6.47. The molecule has 184 valence electrons. The Bertz CT molecular complexity index is 879. The van der Waals surface area contributed by atoms with Gasteiger partial charge in [-0.25, -0.2) is 0 Å². The summed E-state index contributed by atoms with van der Waals surface area (Å²) in [6, 6.07) is 17.2. The third-order valence-corrected chi connectivity index (χ3v) is 6.47. The number of nitrogens with one attached hydrogen (secondary N) is 1. The summed E-state index contributed by atoms with van der Waals surface area (Å²) in [5, 5.41) is 3.18. The predicted octanol–water partition coefficient (Wildman–Crippen LogP) is 4.76. The van der Waals surface area contributed by atoms with Gasteiger partial charge in [-0.05, 0) is 62.4 Å². The maximum atomic E-state index is 13.2. The van der Waals surface area contributed by atoms with E-state index in [0.29, 0.717) is 26.0 Å². The fraction of sp³-hybridized carbons (Fsp3) is 0.500. The fourth-order valence-electron chi connectivity index (χ4n) is 4.37. The number of rotatable bonds is 12. The van der Waals surface area contributed by atoms with Gasteiger partial charge in [-0.15, -0.1) is 0 Å². The van der Waals surface area contributed by atoms with Crippen LogP contribution in [0.5, 0.6) is 11.5 Å². The molecule has 1 aliphatic rings. The Kier molecular flexibility index (Phi) is 10.3. The summed E-state index contributed by atoms with van der Waals surface area (Å²) in [5.74, 6) is 1.45. The molecule has 0 saturated heterocycles. The Balaban J connectivity index is 1.54. The van der Waals surface area contributed by atoms with Crippen LogP contribution in [0.3, 0.4) is 0 Å². The molecule has 1 aliphatic carbocycles. The number of carbonyl (C=O) groups excluding carboxylic acids is 2. The highest BCUT2D eigenvalue weighted by molar-refractivity contribution is 5.87. The minimum Gasteiger partial charge on any atom is -0.497 e. The topological polar surface area (TPSA) is 67.9 Å². The summed E-state index contributed by atoms with van der Waals surface area (Å²) in [7, 11) is 1.63. The summed E-state index contributed by atoms with van der Waals surface area (Å²) < 4.78 is 10.9. The molecule has 0 unspecified atom stereocenters. The highest BCUT2D eigenvalue weighted by Gasteiger charge is 2.27. The van der Waals surface area contributed by atoms with E-state index in [0.717, 1.165) is 49.2 Å². The number of ether oxygens (including phenoxy) is 2. The van der Waals surface area contributed by atoms with Crippen molar-refractivity contribution in [2.75, 3.05) is 20.3 Å². The normalized spacial score (nSPS) is 14.8. The molecule has 1 atom stereocenters. The van der Waals surface area contributed by atoms with E-state index in [9.17, 15) is 9.59 Å². The largest absolute Gasteiger partial charge is 0.497 e. The molecule has 1 fully saturated rings. The van der Waals surface area contributed by atoms with E-state index in [1.54, 1.807) is 12.0 Å². The summed E-state index contributed by atoms with van der Waals surface area (Å²) in [6.07, 6.45) is 7.25. The van der Waals surface area contributed by atoms with Crippen LogP contribution in [0.15, 0.2) is 54.6 Å². The molecular formula is C28H38N2O4. The Hall–Kier alpha value is -3.02. The van der Waals surface area contributed by atoms with E-state index in [2.05, 4.69) is 17.4 Å². The zero-order valence-electron chi connectivity index (χ0n) is 20.5. The second-order valence-electron chi connectivity index (χ2n) is 8.97. The average Bonchev–Trinajstić information content (AvgIpc) is 2.88. The molecule has 0 spiro atoms. The van der Waals surface area contributed by atoms with Crippen molar-refractivity contribution in [2.45, 2.75) is 70.4 Å². The van der Waals surface area contributed by atoms with Crippen LogP contribution >= 0.6 is 0 Å². The quantitative estimate of drug-likeness (QED) is 0.458. The van der Waals surface area contributed by atoms with Crippen LogP contribution in [0.2, 0.25) is 0 Å². The van der Waals surface area contributed by atoms with Gasteiger partial charge in [0.25, 0.3) is 0 Å². The monoisotopic (exact) mass is 466 g/mol. The van der Waals surface area contributed by atoms with Crippen molar-refractivity contribution < 1.29 is 19.1 Å². The first-order valence-electron chi connectivity index (χ1n) is 12.5. The number of benzene rings is 2. The molecule has 2 aromatic rings. The molecule has 0 aromatic heterocycles. The van der Waals surface area contributed by atoms with Crippen molar-refractivity contribution in [3.8, 4) is 11.5 Å². The number of methoxy groups -OCH3 is 1. The van der Waals surface area contributed by atoms with Gasteiger partial charge in [0.05, 0.1) is 13.7 Å². The first kappa shape index (κ1) is 25.6. The van der Waals surface area contributed by atoms with Gasteiger partial charge < -0.3 is 19.7 Å². The van der Waals surface area contributed by atoms with Gasteiger partial charge in [0.1, 0.15) is 17.5 Å². The highest BCUT2D eigenvalue weighted by Crippen LogP contribution is 2.19. The molecule has 6 nitrogen and oxygen atoms in total. The Morgan fingerprint density at radius 2 is 1.68 bits per heavy atom. The van der Waals surface area contributed by atoms with Crippen LogP contribution in [0, 0.1) is 0 Å². The van der Waals surface area contributed by atoms with Gasteiger partial charge in [-0.3, -0.25) is 9.59 Å². The zero-order chi connectivity index (χ0) is 24.2. The molecule has 0 bridgehead atoms. The van der Waals surface area contributed by atoms with Crippen LogP contribution < -0.4 is 14.8 Å². The second-order valence-corrected chi connectivity index (χ2v) is 8.97. The molecule has 1 N–H and O–H groups in total. The lowest BCUT2D eigenvalue weighted by atomic mass is 9.95. The van der Waals surface area contributed by atoms with E-state index in [1.807, 2.05) is 49.4 Å². The summed E-state index contributed by atoms with van der Waals surface area (Å²) in [6.45, 7) is 2.80. The molecule has 0 aliphatic heterocycles. The van der Waals surface area contributed by atoms with E-state index in [4.69, 9.17) is 9.47 Å². The minimum absolute atomic E-state index is 0.0134. The van der Waals surface area contributed by atoms with Crippen LogP contribution in [0.4, 0.5) is 0 Å². The molecule has 0 heterocycles. The lowest BCUT2D eigenvalue weighted by molar-refractivity contribution is -0.140. The van der Waals surface area contributed by atoms with Gasteiger partial charge in [0.2, 0.25) is 11.8 Å². The van der Waals surface area contributed by atoms with E-state index in [1.165, 1.54) is 6.42 Å². The van der Waals surface area contributed by atoms with Crippen LogP contribution in [-0.4, -0.2) is 49.1 Å². The van der Waals surface area contributed by atoms with Crippen LogP contribution in [-0.2, 0) is 16.0 Å². The lowest BCUT2D eigenvalue weighted by Gasteiger charge is -2.31. The molecule has 3 rings (SSSR count). The number of hydrogen-bond donors (Lipinski definition) is 1. The van der Waals surface area contributed by atoms with Gasteiger partial charge in [-0.2, -0.15) is 0 Å². The van der Waals surface area contributed by atoms with E-state index < -0.39 is 6.04 Å². The van der Waals surface area contributed by atoms with Crippen molar-refractivity contribution in [3.05, 3.63) is 60.2 Å². The number of carbonyl (C=O) groups is 2. The van der Waals surface area contributed by atoms with Crippen molar-refractivity contribution in [3.63, 3.8) is 0 Å².